The summed E-state index contributed by atoms with van der Waals surface area (Å²) in [6.45, 7) is 0. The summed E-state index contributed by atoms with van der Waals surface area (Å²) >= 11 is 5.92. The highest BCUT2D eigenvalue weighted by molar-refractivity contribution is 6.30. The summed E-state index contributed by atoms with van der Waals surface area (Å²) in [7, 11) is 0. The highest BCUT2D eigenvalue weighted by Gasteiger charge is 2.30. The molecule has 17 heavy (non-hydrogen) atoms. The van der Waals surface area contributed by atoms with Crippen LogP contribution in [0.3, 0.4) is 0 Å². The monoisotopic (exact) mass is 252 g/mol. The smallest absolute Gasteiger partial charge is 0.307 e. The fraction of sp³-hybridized carbons (Fsp3) is 0.500. The second kappa shape index (κ2) is 5.54. The van der Waals surface area contributed by atoms with Gasteiger partial charge in [-0.25, -0.2) is 0 Å². The van der Waals surface area contributed by atoms with Gasteiger partial charge in [0.05, 0.1) is 5.92 Å². The van der Waals surface area contributed by atoms with Gasteiger partial charge in [-0.3, -0.25) is 4.79 Å². The maximum atomic E-state index is 11.3. The first-order valence-corrected chi connectivity index (χ1v) is 6.52. The number of hydrogen-bond donors (Lipinski definition) is 1. The van der Waals surface area contributed by atoms with Crippen LogP contribution in [0.1, 0.15) is 31.2 Å². The molecule has 0 heterocycles. The number of carboxylic acid groups (broad SMARTS) is 1. The number of benzene rings is 1. The Labute approximate surface area is 107 Å². The summed E-state index contributed by atoms with van der Waals surface area (Å²) in [5, 5.41) is 10.0. The standard InChI is InChI=1S/C14H17ClO2/c15-12-7-3-4-10(8-12)9-13(14(16)17)11-5-1-2-6-11/h3-4,7-8,11,13H,1-2,5-6,9H2,(H,16,17). The molecule has 0 amide bonds. The lowest BCUT2D eigenvalue weighted by atomic mass is 9.86. The summed E-state index contributed by atoms with van der Waals surface area (Å²) in [5.41, 5.74) is 1.02. The van der Waals surface area contributed by atoms with Crippen molar-refractivity contribution in [2.45, 2.75) is 32.1 Å². The fourth-order valence-corrected chi connectivity index (χ4v) is 2.95. The van der Waals surface area contributed by atoms with Gasteiger partial charge >= 0.3 is 5.97 Å². The Balaban J connectivity index is 2.09. The molecule has 1 atom stereocenters. The Bertz CT molecular complexity index is 397. The van der Waals surface area contributed by atoms with E-state index in [1.807, 2.05) is 24.3 Å². The Morgan fingerprint density at radius 1 is 1.41 bits per heavy atom. The van der Waals surface area contributed by atoms with Crippen LogP contribution in [0.25, 0.3) is 0 Å². The van der Waals surface area contributed by atoms with Gasteiger partial charge in [0.2, 0.25) is 0 Å². The molecular formula is C14H17ClO2. The van der Waals surface area contributed by atoms with E-state index in [0.29, 0.717) is 17.4 Å². The van der Waals surface area contributed by atoms with E-state index < -0.39 is 5.97 Å². The molecule has 92 valence electrons. The number of halogens is 1. The summed E-state index contributed by atoms with van der Waals surface area (Å²) in [6.07, 6.45) is 5.05. The van der Waals surface area contributed by atoms with Crippen molar-refractivity contribution < 1.29 is 9.90 Å². The van der Waals surface area contributed by atoms with Crippen molar-refractivity contribution in [3.05, 3.63) is 34.9 Å². The SMILES string of the molecule is O=C(O)C(Cc1cccc(Cl)c1)C1CCCC1. The van der Waals surface area contributed by atoms with Crippen LogP contribution in [0.4, 0.5) is 0 Å². The van der Waals surface area contributed by atoms with Gasteiger partial charge < -0.3 is 5.11 Å². The summed E-state index contributed by atoms with van der Waals surface area (Å²) < 4.78 is 0. The van der Waals surface area contributed by atoms with Crippen LogP contribution in [-0.4, -0.2) is 11.1 Å². The predicted molar refractivity (Wildman–Crippen MR) is 68.2 cm³/mol. The van der Waals surface area contributed by atoms with Gasteiger partial charge in [0.25, 0.3) is 0 Å². The van der Waals surface area contributed by atoms with Crippen molar-refractivity contribution >= 4 is 17.6 Å². The molecule has 1 aromatic rings. The Morgan fingerprint density at radius 3 is 2.71 bits per heavy atom. The molecule has 0 bridgehead atoms. The van der Waals surface area contributed by atoms with E-state index in [1.165, 1.54) is 12.8 Å². The molecule has 2 rings (SSSR count). The summed E-state index contributed by atoms with van der Waals surface area (Å²) in [5.74, 6) is -0.584. The molecule has 1 aromatic carbocycles. The van der Waals surface area contributed by atoms with Crippen molar-refractivity contribution in [3.8, 4) is 0 Å². The molecule has 0 aromatic heterocycles. The molecular weight excluding hydrogens is 236 g/mol. The minimum absolute atomic E-state index is 0.254. The van der Waals surface area contributed by atoms with Gasteiger partial charge in [0.15, 0.2) is 0 Å². The molecule has 0 spiro atoms. The first-order chi connectivity index (χ1) is 8.16. The molecule has 0 saturated heterocycles. The first-order valence-electron chi connectivity index (χ1n) is 6.14. The topological polar surface area (TPSA) is 37.3 Å². The molecule has 1 unspecified atom stereocenters. The normalized spacial score (nSPS) is 18.2. The zero-order valence-electron chi connectivity index (χ0n) is 9.73. The minimum atomic E-state index is -0.670. The molecule has 1 fully saturated rings. The third-order valence-electron chi connectivity index (χ3n) is 3.63. The fourth-order valence-electron chi connectivity index (χ4n) is 2.73. The van der Waals surface area contributed by atoms with Crippen LogP contribution in [0.2, 0.25) is 5.02 Å². The van der Waals surface area contributed by atoms with Crippen LogP contribution in [0, 0.1) is 11.8 Å². The van der Waals surface area contributed by atoms with Crippen LogP contribution in [0.15, 0.2) is 24.3 Å². The maximum Gasteiger partial charge on any atom is 0.307 e. The van der Waals surface area contributed by atoms with E-state index in [-0.39, 0.29) is 5.92 Å². The van der Waals surface area contributed by atoms with E-state index in [4.69, 9.17) is 11.6 Å². The lowest BCUT2D eigenvalue weighted by Crippen LogP contribution is -2.24. The lowest BCUT2D eigenvalue weighted by molar-refractivity contribution is -0.143. The van der Waals surface area contributed by atoms with E-state index in [0.717, 1.165) is 18.4 Å². The molecule has 2 nitrogen and oxygen atoms in total. The van der Waals surface area contributed by atoms with Crippen molar-refractivity contribution in [1.29, 1.82) is 0 Å². The van der Waals surface area contributed by atoms with Crippen LogP contribution in [0.5, 0.6) is 0 Å². The Morgan fingerprint density at radius 2 is 2.12 bits per heavy atom. The minimum Gasteiger partial charge on any atom is -0.481 e. The molecule has 1 N–H and O–H groups in total. The van der Waals surface area contributed by atoms with Crippen molar-refractivity contribution in [2.75, 3.05) is 0 Å². The number of carboxylic acids is 1. The number of hydrogen-bond acceptors (Lipinski definition) is 1. The van der Waals surface area contributed by atoms with Gasteiger partial charge in [-0.05, 0) is 42.9 Å². The molecule has 1 aliphatic carbocycles. The quantitative estimate of drug-likeness (QED) is 0.886. The molecule has 1 aliphatic rings. The Hall–Kier alpha value is -1.02. The highest BCUT2D eigenvalue weighted by Crippen LogP contribution is 2.33. The average molecular weight is 253 g/mol. The second-order valence-corrected chi connectivity index (χ2v) is 5.26. The third-order valence-corrected chi connectivity index (χ3v) is 3.87. The molecule has 0 aliphatic heterocycles. The van der Waals surface area contributed by atoms with Gasteiger partial charge in [0, 0.05) is 5.02 Å². The number of carbonyl (C=O) groups is 1. The van der Waals surface area contributed by atoms with E-state index in [2.05, 4.69) is 0 Å². The van der Waals surface area contributed by atoms with E-state index in [9.17, 15) is 9.90 Å². The van der Waals surface area contributed by atoms with Gasteiger partial charge in [-0.1, -0.05) is 36.6 Å². The highest BCUT2D eigenvalue weighted by atomic mass is 35.5. The number of aliphatic carboxylic acids is 1. The van der Waals surface area contributed by atoms with Gasteiger partial charge in [0.1, 0.15) is 0 Å². The lowest BCUT2D eigenvalue weighted by Gasteiger charge is -2.19. The largest absolute Gasteiger partial charge is 0.481 e. The predicted octanol–water partition coefficient (Wildman–Crippen LogP) is 3.77. The van der Waals surface area contributed by atoms with Crippen molar-refractivity contribution in [2.24, 2.45) is 11.8 Å². The van der Waals surface area contributed by atoms with E-state index in [1.54, 1.807) is 0 Å². The molecule has 3 heteroatoms. The van der Waals surface area contributed by atoms with Crippen molar-refractivity contribution in [3.63, 3.8) is 0 Å². The van der Waals surface area contributed by atoms with Gasteiger partial charge in [-0.2, -0.15) is 0 Å². The van der Waals surface area contributed by atoms with Crippen LogP contribution in [-0.2, 0) is 11.2 Å². The first kappa shape index (κ1) is 12.4. The van der Waals surface area contributed by atoms with Crippen LogP contribution < -0.4 is 0 Å². The Kier molecular flexibility index (Phi) is 4.06. The zero-order valence-corrected chi connectivity index (χ0v) is 10.5. The third kappa shape index (κ3) is 3.22. The number of rotatable bonds is 4. The van der Waals surface area contributed by atoms with E-state index >= 15 is 0 Å². The summed E-state index contributed by atoms with van der Waals surface area (Å²) in [6, 6.07) is 7.52. The van der Waals surface area contributed by atoms with Crippen molar-refractivity contribution in [1.82, 2.24) is 0 Å². The molecule has 0 radical (unpaired) electrons. The maximum absolute atomic E-state index is 11.3. The average Bonchev–Trinajstić information content (AvgIpc) is 2.78. The summed E-state index contributed by atoms with van der Waals surface area (Å²) in [4.78, 5) is 11.3. The van der Waals surface area contributed by atoms with Crippen LogP contribution >= 0.6 is 11.6 Å². The molecule has 1 saturated carbocycles. The van der Waals surface area contributed by atoms with Gasteiger partial charge in [-0.15, -0.1) is 0 Å². The second-order valence-electron chi connectivity index (χ2n) is 4.82. The zero-order chi connectivity index (χ0) is 12.3.